The summed E-state index contributed by atoms with van der Waals surface area (Å²) in [4.78, 5) is 24.0. The average Bonchev–Trinajstić information content (AvgIpc) is 2.57. The highest BCUT2D eigenvalue weighted by Gasteiger charge is 2.15. The van der Waals surface area contributed by atoms with Crippen LogP contribution in [-0.2, 0) is 16.0 Å². The van der Waals surface area contributed by atoms with E-state index in [-0.39, 0.29) is 0 Å². The Hall–Kier alpha value is -2.82. The van der Waals surface area contributed by atoms with Crippen molar-refractivity contribution in [2.24, 2.45) is 0 Å². The molecule has 5 nitrogen and oxygen atoms in total. The van der Waals surface area contributed by atoms with Crippen molar-refractivity contribution in [3.63, 3.8) is 0 Å². The van der Waals surface area contributed by atoms with Crippen LogP contribution in [0.5, 0.6) is 5.75 Å². The van der Waals surface area contributed by atoms with Gasteiger partial charge in [-0.15, -0.1) is 0 Å². The number of nitrogens with one attached hydrogen (secondary N) is 2. The number of anilines is 2. The molecule has 0 fully saturated rings. The molecule has 0 aliphatic heterocycles. The lowest BCUT2D eigenvalue weighted by molar-refractivity contribution is -0.133. The number of para-hydroxylation sites is 1. The Morgan fingerprint density at radius 2 is 1.57 bits per heavy atom. The Morgan fingerprint density at radius 3 is 2.22 bits per heavy atom. The first-order valence-corrected chi connectivity index (χ1v) is 7.57. The first-order valence-electron chi connectivity index (χ1n) is 7.57. The first kappa shape index (κ1) is 16.5. The summed E-state index contributed by atoms with van der Waals surface area (Å²) >= 11 is 0. The zero-order valence-corrected chi connectivity index (χ0v) is 13.3. The zero-order valence-electron chi connectivity index (χ0n) is 13.3. The van der Waals surface area contributed by atoms with Crippen LogP contribution in [0, 0.1) is 0 Å². The molecular formula is C18H20N2O3. The van der Waals surface area contributed by atoms with E-state index in [1.54, 1.807) is 30.3 Å². The van der Waals surface area contributed by atoms with Gasteiger partial charge in [0.2, 0.25) is 0 Å². The predicted molar refractivity (Wildman–Crippen MR) is 90.7 cm³/mol. The van der Waals surface area contributed by atoms with Gasteiger partial charge in [-0.25, -0.2) is 0 Å². The van der Waals surface area contributed by atoms with Crippen LogP contribution in [-0.4, -0.2) is 18.4 Å². The highest BCUT2D eigenvalue weighted by atomic mass is 16.5. The van der Waals surface area contributed by atoms with Crippen LogP contribution in [0.15, 0.2) is 48.5 Å². The van der Waals surface area contributed by atoms with E-state index in [9.17, 15) is 9.59 Å². The van der Waals surface area contributed by atoms with Gasteiger partial charge in [-0.05, 0) is 49.2 Å². The lowest BCUT2D eigenvalue weighted by Gasteiger charge is -2.10. The molecule has 23 heavy (non-hydrogen) atoms. The van der Waals surface area contributed by atoms with Gasteiger partial charge in [-0.3, -0.25) is 9.59 Å². The van der Waals surface area contributed by atoms with Crippen molar-refractivity contribution in [1.82, 2.24) is 0 Å². The van der Waals surface area contributed by atoms with E-state index in [1.807, 2.05) is 32.0 Å². The summed E-state index contributed by atoms with van der Waals surface area (Å²) < 4.78 is 5.33. The summed E-state index contributed by atoms with van der Waals surface area (Å²) in [5.74, 6) is -0.688. The summed E-state index contributed by atoms with van der Waals surface area (Å²) in [6.45, 7) is 4.46. The second-order valence-electron chi connectivity index (χ2n) is 4.88. The van der Waals surface area contributed by atoms with Gasteiger partial charge in [0.15, 0.2) is 0 Å². The Morgan fingerprint density at radius 1 is 0.913 bits per heavy atom. The molecule has 2 aromatic carbocycles. The van der Waals surface area contributed by atoms with Crippen LogP contribution in [0.4, 0.5) is 11.4 Å². The number of carbonyl (C=O) groups is 2. The van der Waals surface area contributed by atoms with E-state index in [2.05, 4.69) is 10.6 Å². The van der Waals surface area contributed by atoms with Crippen molar-refractivity contribution in [3.05, 3.63) is 54.1 Å². The van der Waals surface area contributed by atoms with Crippen LogP contribution >= 0.6 is 0 Å². The molecule has 0 saturated carbocycles. The van der Waals surface area contributed by atoms with Crippen LogP contribution in [0.2, 0.25) is 0 Å². The highest BCUT2D eigenvalue weighted by molar-refractivity contribution is 6.43. The molecule has 0 spiro atoms. The molecule has 0 bridgehead atoms. The fourth-order valence-corrected chi connectivity index (χ4v) is 2.12. The summed E-state index contributed by atoms with van der Waals surface area (Å²) in [5.41, 5.74) is 2.17. The largest absolute Gasteiger partial charge is 0.494 e. The van der Waals surface area contributed by atoms with Crippen molar-refractivity contribution in [1.29, 1.82) is 0 Å². The first-order chi connectivity index (χ1) is 11.1. The average molecular weight is 312 g/mol. The molecule has 2 N–H and O–H groups in total. The third-order valence-electron chi connectivity index (χ3n) is 3.28. The number of aryl methyl sites for hydroxylation is 1. The maximum absolute atomic E-state index is 12.0. The molecule has 0 aliphatic rings. The van der Waals surface area contributed by atoms with Crippen molar-refractivity contribution in [2.45, 2.75) is 20.3 Å². The monoisotopic (exact) mass is 312 g/mol. The van der Waals surface area contributed by atoms with Gasteiger partial charge >= 0.3 is 11.8 Å². The minimum absolute atomic E-state index is 0.539. The van der Waals surface area contributed by atoms with Gasteiger partial charge < -0.3 is 15.4 Å². The van der Waals surface area contributed by atoms with E-state index >= 15 is 0 Å². The fraction of sp³-hybridized carbons (Fsp3) is 0.222. The highest BCUT2D eigenvalue weighted by Crippen LogP contribution is 2.17. The van der Waals surface area contributed by atoms with Crippen LogP contribution in [0.3, 0.4) is 0 Å². The third kappa shape index (κ3) is 4.57. The minimum atomic E-state index is -0.708. The lowest BCUT2D eigenvalue weighted by atomic mass is 10.1. The summed E-state index contributed by atoms with van der Waals surface area (Å²) in [7, 11) is 0. The summed E-state index contributed by atoms with van der Waals surface area (Å²) in [6, 6.07) is 14.3. The summed E-state index contributed by atoms with van der Waals surface area (Å²) in [5, 5.41) is 5.20. The Bertz CT molecular complexity index is 681. The normalized spacial score (nSPS) is 10.0. The van der Waals surface area contributed by atoms with Gasteiger partial charge in [0.05, 0.1) is 6.61 Å². The van der Waals surface area contributed by atoms with Gasteiger partial charge in [-0.2, -0.15) is 0 Å². The second kappa shape index (κ2) is 7.98. The quantitative estimate of drug-likeness (QED) is 0.833. The maximum atomic E-state index is 12.0. The third-order valence-corrected chi connectivity index (χ3v) is 3.28. The zero-order chi connectivity index (χ0) is 16.7. The topological polar surface area (TPSA) is 67.4 Å². The smallest absolute Gasteiger partial charge is 0.314 e. The van der Waals surface area contributed by atoms with Crippen LogP contribution < -0.4 is 15.4 Å². The van der Waals surface area contributed by atoms with Crippen molar-refractivity contribution in [2.75, 3.05) is 17.2 Å². The van der Waals surface area contributed by atoms with Gasteiger partial charge in [0, 0.05) is 11.4 Å². The molecule has 0 aliphatic carbocycles. The fourth-order valence-electron chi connectivity index (χ4n) is 2.12. The molecule has 2 amide bonds. The molecule has 5 heteroatoms. The van der Waals surface area contributed by atoms with Gasteiger partial charge in [0.1, 0.15) is 5.75 Å². The summed E-state index contributed by atoms with van der Waals surface area (Å²) in [6.07, 6.45) is 0.775. The number of ether oxygens (including phenoxy) is 1. The van der Waals surface area contributed by atoms with Crippen molar-refractivity contribution >= 4 is 23.2 Å². The van der Waals surface area contributed by atoms with Gasteiger partial charge in [0.25, 0.3) is 0 Å². The molecule has 0 atom stereocenters. The number of hydrogen-bond donors (Lipinski definition) is 2. The molecule has 2 rings (SSSR count). The standard InChI is InChI=1S/C18H20N2O3/c1-3-13-7-5-6-8-16(13)20-18(22)17(21)19-14-9-11-15(12-10-14)23-4-2/h5-12H,3-4H2,1-2H3,(H,19,21)(H,20,22). The molecule has 0 radical (unpaired) electrons. The molecule has 0 aromatic heterocycles. The second-order valence-corrected chi connectivity index (χ2v) is 4.88. The number of rotatable bonds is 5. The van der Waals surface area contributed by atoms with E-state index in [4.69, 9.17) is 4.74 Å². The van der Waals surface area contributed by atoms with E-state index in [1.165, 1.54) is 0 Å². The molecule has 0 heterocycles. The molecule has 120 valence electrons. The Balaban J connectivity index is 1.98. The molecular weight excluding hydrogens is 292 g/mol. The van der Waals surface area contributed by atoms with E-state index < -0.39 is 11.8 Å². The van der Waals surface area contributed by atoms with E-state index in [0.717, 1.165) is 12.0 Å². The minimum Gasteiger partial charge on any atom is -0.494 e. The van der Waals surface area contributed by atoms with E-state index in [0.29, 0.717) is 23.7 Å². The molecule has 0 saturated heterocycles. The Labute approximate surface area is 135 Å². The number of amides is 2. The molecule has 2 aromatic rings. The molecule has 0 unspecified atom stereocenters. The van der Waals surface area contributed by atoms with Gasteiger partial charge in [-0.1, -0.05) is 25.1 Å². The number of carbonyl (C=O) groups excluding carboxylic acids is 2. The van der Waals surface area contributed by atoms with Crippen molar-refractivity contribution < 1.29 is 14.3 Å². The van der Waals surface area contributed by atoms with Crippen LogP contribution in [0.25, 0.3) is 0 Å². The predicted octanol–water partition coefficient (Wildman–Crippen LogP) is 3.22. The maximum Gasteiger partial charge on any atom is 0.314 e. The lowest BCUT2D eigenvalue weighted by Crippen LogP contribution is -2.29. The number of hydrogen-bond acceptors (Lipinski definition) is 3. The number of benzene rings is 2. The SMILES string of the molecule is CCOc1ccc(NC(=O)C(=O)Nc2ccccc2CC)cc1. The van der Waals surface area contributed by atoms with Crippen molar-refractivity contribution in [3.8, 4) is 5.75 Å². The Kier molecular flexibility index (Phi) is 5.74. The van der Waals surface area contributed by atoms with Crippen LogP contribution in [0.1, 0.15) is 19.4 Å².